The van der Waals surface area contributed by atoms with Crippen LogP contribution in [0.5, 0.6) is 0 Å². The van der Waals surface area contributed by atoms with Gasteiger partial charge in [0.05, 0.1) is 17.6 Å². The molecule has 3 aromatic heterocycles. The summed E-state index contributed by atoms with van der Waals surface area (Å²) >= 11 is 6.64. The molecule has 1 aliphatic heterocycles. The molecule has 5 rings (SSSR count). The molecule has 10 heteroatoms. The van der Waals surface area contributed by atoms with Crippen LogP contribution in [0, 0.1) is 6.92 Å². The fraction of sp³-hybridized carbons (Fsp3) is 0.280. The van der Waals surface area contributed by atoms with Gasteiger partial charge in [-0.1, -0.05) is 23.7 Å². The van der Waals surface area contributed by atoms with E-state index in [1.807, 2.05) is 26.0 Å². The molecule has 4 aromatic rings. The van der Waals surface area contributed by atoms with Crippen LogP contribution < -0.4 is 16.2 Å². The zero-order valence-corrected chi connectivity index (χ0v) is 20.1. The van der Waals surface area contributed by atoms with Crippen LogP contribution in [-0.4, -0.2) is 43.0 Å². The molecule has 1 fully saturated rings. The molecule has 1 aromatic carbocycles. The highest BCUT2D eigenvalue weighted by Crippen LogP contribution is 2.31. The molecule has 1 atom stereocenters. The van der Waals surface area contributed by atoms with Crippen molar-refractivity contribution in [3.05, 3.63) is 63.9 Å². The first-order valence-electron chi connectivity index (χ1n) is 11.5. The number of aryl methyl sites for hydroxylation is 2. The van der Waals surface area contributed by atoms with Crippen molar-refractivity contribution in [2.24, 2.45) is 0 Å². The van der Waals surface area contributed by atoms with Gasteiger partial charge >= 0.3 is 0 Å². The first-order valence-corrected chi connectivity index (χ1v) is 11.9. The summed E-state index contributed by atoms with van der Waals surface area (Å²) in [6, 6.07) is 6.86. The Hall–Kier alpha value is -3.85. The number of halogens is 1. The van der Waals surface area contributed by atoms with E-state index < -0.39 is 6.04 Å². The van der Waals surface area contributed by atoms with Crippen molar-refractivity contribution in [3.63, 3.8) is 0 Å². The lowest BCUT2D eigenvalue weighted by Gasteiger charge is -2.22. The molecule has 9 nitrogen and oxygen atoms in total. The first-order chi connectivity index (χ1) is 16.9. The summed E-state index contributed by atoms with van der Waals surface area (Å²) in [7, 11) is 0. The molecule has 2 N–H and O–H groups in total. The van der Waals surface area contributed by atoms with Gasteiger partial charge in [-0.2, -0.15) is 4.98 Å². The summed E-state index contributed by atoms with van der Waals surface area (Å²) in [5.41, 5.74) is 3.71. The van der Waals surface area contributed by atoms with E-state index in [0.717, 1.165) is 17.7 Å². The number of hydrogen-bond donors (Lipinski definition) is 2. The van der Waals surface area contributed by atoms with Gasteiger partial charge in [0.2, 0.25) is 11.9 Å². The number of carbonyl (C=O) groups excluding carboxylic acids is 1. The third kappa shape index (κ3) is 4.46. The predicted molar refractivity (Wildman–Crippen MR) is 135 cm³/mol. The Morgan fingerprint density at radius 1 is 1.14 bits per heavy atom. The standard InChI is InChI=1S/C25H24ClN7O2/c1-3-33-22-16(12-29-25(32-22)31-20-5-4-8-28-23(20)34)9-18(24(33)35)17-7-6-15(10-19(17)26)21-13-27-11-14(2)30-21/h6-7,9-13,20H,3-5,8H2,1-2H3,(H,28,34)(H,29,31,32). The normalized spacial score (nSPS) is 15.7. The second kappa shape index (κ2) is 9.42. The van der Waals surface area contributed by atoms with E-state index in [-0.39, 0.29) is 11.5 Å². The molecule has 35 heavy (non-hydrogen) atoms. The summed E-state index contributed by atoms with van der Waals surface area (Å²) in [6.07, 6.45) is 6.61. The van der Waals surface area contributed by atoms with E-state index in [9.17, 15) is 9.59 Å². The number of fused-ring (bicyclic) bond motifs is 1. The number of aromatic nitrogens is 5. The molecule has 4 heterocycles. The van der Waals surface area contributed by atoms with Crippen molar-refractivity contribution in [2.75, 3.05) is 11.9 Å². The fourth-order valence-electron chi connectivity index (χ4n) is 4.28. The van der Waals surface area contributed by atoms with Gasteiger partial charge in [0.1, 0.15) is 11.7 Å². The minimum absolute atomic E-state index is 0.0714. The Kier molecular flexibility index (Phi) is 6.17. The summed E-state index contributed by atoms with van der Waals surface area (Å²) in [5, 5.41) is 7.07. The topological polar surface area (TPSA) is 115 Å². The van der Waals surface area contributed by atoms with Crippen molar-refractivity contribution < 1.29 is 4.79 Å². The van der Waals surface area contributed by atoms with Crippen LogP contribution in [-0.2, 0) is 11.3 Å². The number of nitrogens with zero attached hydrogens (tertiary/aromatic N) is 5. The van der Waals surface area contributed by atoms with Crippen molar-refractivity contribution >= 4 is 34.5 Å². The van der Waals surface area contributed by atoms with E-state index in [2.05, 4.69) is 30.6 Å². The third-order valence-corrected chi connectivity index (χ3v) is 6.35. The molecule has 1 saturated heterocycles. The van der Waals surface area contributed by atoms with Gasteiger partial charge in [-0.25, -0.2) is 9.97 Å². The SMILES string of the molecule is CCn1c(=O)c(-c2ccc(-c3cncc(C)n3)cc2Cl)cc2cnc(NC3CCCNC3=O)nc21. The summed E-state index contributed by atoms with van der Waals surface area (Å²) < 4.78 is 1.59. The lowest BCUT2D eigenvalue weighted by atomic mass is 10.0. The van der Waals surface area contributed by atoms with Gasteiger partial charge < -0.3 is 10.6 Å². The molecule has 0 bridgehead atoms. The summed E-state index contributed by atoms with van der Waals surface area (Å²) in [5.74, 6) is 0.244. The van der Waals surface area contributed by atoms with E-state index >= 15 is 0 Å². The number of carbonyl (C=O) groups is 1. The average molecular weight is 490 g/mol. The van der Waals surface area contributed by atoms with Crippen molar-refractivity contribution in [1.82, 2.24) is 29.8 Å². The van der Waals surface area contributed by atoms with Gasteiger partial charge in [0, 0.05) is 52.6 Å². The van der Waals surface area contributed by atoms with E-state index in [0.29, 0.717) is 58.3 Å². The van der Waals surface area contributed by atoms with Crippen LogP contribution >= 0.6 is 11.6 Å². The molecule has 0 radical (unpaired) electrons. The number of pyridine rings is 1. The number of benzene rings is 1. The molecular formula is C25H24ClN7O2. The largest absolute Gasteiger partial charge is 0.354 e. The Morgan fingerprint density at radius 2 is 2.00 bits per heavy atom. The van der Waals surface area contributed by atoms with Crippen molar-refractivity contribution in [2.45, 2.75) is 39.3 Å². The molecule has 1 aliphatic rings. The van der Waals surface area contributed by atoms with Gasteiger partial charge in [-0.05, 0) is 38.8 Å². The van der Waals surface area contributed by atoms with E-state index in [1.54, 1.807) is 35.3 Å². The van der Waals surface area contributed by atoms with E-state index in [1.165, 1.54) is 0 Å². The highest BCUT2D eigenvalue weighted by Gasteiger charge is 2.23. The Balaban J connectivity index is 1.54. The second-order valence-corrected chi connectivity index (χ2v) is 8.86. The predicted octanol–water partition coefficient (Wildman–Crippen LogP) is 3.59. The minimum Gasteiger partial charge on any atom is -0.354 e. The minimum atomic E-state index is -0.391. The van der Waals surface area contributed by atoms with Crippen LogP contribution in [0.1, 0.15) is 25.5 Å². The van der Waals surface area contributed by atoms with Crippen LogP contribution in [0.2, 0.25) is 5.02 Å². The quantitative estimate of drug-likeness (QED) is 0.440. The van der Waals surface area contributed by atoms with Gasteiger partial charge in [-0.15, -0.1) is 0 Å². The highest BCUT2D eigenvalue weighted by atomic mass is 35.5. The molecule has 0 spiro atoms. The lowest BCUT2D eigenvalue weighted by Crippen LogP contribution is -2.44. The number of amides is 1. The number of piperidine rings is 1. The maximum absolute atomic E-state index is 13.5. The monoisotopic (exact) mass is 489 g/mol. The van der Waals surface area contributed by atoms with Gasteiger partial charge in [0.25, 0.3) is 5.56 Å². The Bertz CT molecular complexity index is 1500. The molecule has 0 aliphatic carbocycles. The lowest BCUT2D eigenvalue weighted by molar-refractivity contribution is -0.123. The number of anilines is 1. The van der Waals surface area contributed by atoms with Crippen LogP contribution in [0.25, 0.3) is 33.4 Å². The van der Waals surface area contributed by atoms with Crippen LogP contribution in [0.15, 0.2) is 47.7 Å². The fourth-order valence-corrected chi connectivity index (χ4v) is 4.56. The van der Waals surface area contributed by atoms with Crippen molar-refractivity contribution in [3.8, 4) is 22.4 Å². The third-order valence-electron chi connectivity index (χ3n) is 6.04. The molecule has 0 saturated carbocycles. The molecule has 1 amide bonds. The zero-order valence-electron chi connectivity index (χ0n) is 19.4. The van der Waals surface area contributed by atoms with Gasteiger partial charge in [0.15, 0.2) is 0 Å². The number of nitrogens with one attached hydrogen (secondary N) is 2. The maximum atomic E-state index is 13.5. The first kappa shape index (κ1) is 22.9. The smallest absolute Gasteiger partial charge is 0.260 e. The summed E-state index contributed by atoms with van der Waals surface area (Å²) in [4.78, 5) is 43.2. The molecular weight excluding hydrogens is 466 g/mol. The van der Waals surface area contributed by atoms with Crippen LogP contribution in [0.4, 0.5) is 5.95 Å². The Morgan fingerprint density at radius 3 is 2.74 bits per heavy atom. The van der Waals surface area contributed by atoms with Gasteiger partial charge in [-0.3, -0.25) is 19.1 Å². The number of rotatable bonds is 5. The number of hydrogen-bond acceptors (Lipinski definition) is 7. The zero-order chi connectivity index (χ0) is 24.5. The summed E-state index contributed by atoms with van der Waals surface area (Å²) in [6.45, 7) is 4.85. The second-order valence-electron chi connectivity index (χ2n) is 8.45. The maximum Gasteiger partial charge on any atom is 0.260 e. The highest BCUT2D eigenvalue weighted by molar-refractivity contribution is 6.33. The molecule has 178 valence electrons. The van der Waals surface area contributed by atoms with E-state index in [4.69, 9.17) is 11.6 Å². The Labute approximate surface area is 206 Å². The molecule has 1 unspecified atom stereocenters. The van der Waals surface area contributed by atoms with Crippen molar-refractivity contribution in [1.29, 1.82) is 0 Å². The van der Waals surface area contributed by atoms with Crippen LogP contribution in [0.3, 0.4) is 0 Å². The average Bonchev–Trinajstić information content (AvgIpc) is 2.85.